The lowest BCUT2D eigenvalue weighted by molar-refractivity contribution is 0.574. The Bertz CT molecular complexity index is 352. The molecule has 2 aliphatic rings. The molecule has 1 saturated carbocycles. The molecule has 0 spiro atoms. The van der Waals surface area contributed by atoms with E-state index in [1.54, 1.807) is 0 Å². The summed E-state index contributed by atoms with van der Waals surface area (Å²) in [6.07, 6.45) is 8.41. The Morgan fingerprint density at radius 1 is 1.12 bits per heavy atom. The van der Waals surface area contributed by atoms with E-state index in [4.69, 9.17) is 4.98 Å². The molecule has 1 aliphatic carbocycles. The highest BCUT2D eigenvalue weighted by Gasteiger charge is 2.26. The van der Waals surface area contributed by atoms with Gasteiger partial charge in [-0.15, -0.1) is 0 Å². The van der Waals surface area contributed by atoms with Gasteiger partial charge in [-0.3, -0.25) is 0 Å². The summed E-state index contributed by atoms with van der Waals surface area (Å²) in [5.74, 6) is 2.33. The predicted molar refractivity (Wildman–Crippen MR) is 63.5 cm³/mol. The number of aromatic nitrogens is 2. The Hall–Kier alpha value is -0.960. The lowest BCUT2D eigenvalue weighted by Crippen LogP contribution is -2.21. The lowest BCUT2D eigenvalue weighted by atomic mass is 10.0. The molecule has 0 bridgehead atoms. The summed E-state index contributed by atoms with van der Waals surface area (Å²) in [5.41, 5.74) is 1.27. The zero-order valence-corrected chi connectivity index (χ0v) is 9.65. The van der Waals surface area contributed by atoms with Gasteiger partial charge < -0.3 is 5.32 Å². The predicted octanol–water partition coefficient (Wildman–Crippen LogP) is 2.21. The van der Waals surface area contributed by atoms with Gasteiger partial charge in [-0.05, 0) is 38.3 Å². The molecule has 3 nitrogen and oxygen atoms in total. The quantitative estimate of drug-likeness (QED) is 0.825. The third kappa shape index (κ3) is 2.24. The van der Waals surface area contributed by atoms with Crippen LogP contribution in [0, 0.1) is 0 Å². The van der Waals surface area contributed by atoms with Crippen LogP contribution >= 0.6 is 0 Å². The normalized spacial score (nSPS) is 26.4. The molecular formula is C13H19N3. The number of nitrogens with one attached hydrogen (secondary N) is 1. The Morgan fingerprint density at radius 2 is 2.06 bits per heavy atom. The van der Waals surface area contributed by atoms with Crippen molar-refractivity contribution in [1.82, 2.24) is 15.3 Å². The minimum absolute atomic E-state index is 0.529. The van der Waals surface area contributed by atoms with E-state index in [-0.39, 0.29) is 0 Å². The minimum atomic E-state index is 0.529. The maximum absolute atomic E-state index is 4.75. The fourth-order valence-corrected chi connectivity index (χ4v) is 2.43. The first kappa shape index (κ1) is 10.2. The van der Waals surface area contributed by atoms with Gasteiger partial charge in [0, 0.05) is 30.3 Å². The molecule has 16 heavy (non-hydrogen) atoms. The van der Waals surface area contributed by atoms with Crippen LogP contribution in [0.25, 0.3) is 0 Å². The van der Waals surface area contributed by atoms with Gasteiger partial charge in [-0.1, -0.05) is 6.42 Å². The van der Waals surface area contributed by atoms with Crippen LogP contribution in [0.3, 0.4) is 0 Å². The van der Waals surface area contributed by atoms with Gasteiger partial charge >= 0.3 is 0 Å². The summed E-state index contributed by atoms with van der Waals surface area (Å²) < 4.78 is 0. The summed E-state index contributed by atoms with van der Waals surface area (Å²) in [6.45, 7) is 2.20. The molecule has 1 atom stereocenters. The van der Waals surface area contributed by atoms with E-state index in [0.717, 1.165) is 24.8 Å². The van der Waals surface area contributed by atoms with Crippen molar-refractivity contribution < 1.29 is 0 Å². The van der Waals surface area contributed by atoms with Crippen LogP contribution in [0.15, 0.2) is 12.3 Å². The highest BCUT2D eigenvalue weighted by molar-refractivity contribution is 5.15. The van der Waals surface area contributed by atoms with Crippen LogP contribution in [-0.2, 0) is 0 Å². The van der Waals surface area contributed by atoms with Crippen molar-refractivity contribution in [2.75, 3.05) is 13.1 Å². The third-order valence-electron chi connectivity index (χ3n) is 3.60. The summed E-state index contributed by atoms with van der Waals surface area (Å²) in [6, 6.07) is 2.09. The Kier molecular flexibility index (Phi) is 2.87. The molecule has 86 valence electrons. The fourth-order valence-electron chi connectivity index (χ4n) is 2.43. The standard InChI is InChI=1S/C13H19N3/c1-2-7-14-9-11(3-1)13-15-8-6-12(16-13)10-4-5-10/h6,8,10-11,14H,1-5,7,9H2. The van der Waals surface area contributed by atoms with Crippen LogP contribution in [0.5, 0.6) is 0 Å². The molecule has 0 radical (unpaired) electrons. The fraction of sp³-hybridized carbons (Fsp3) is 0.692. The number of rotatable bonds is 2. The van der Waals surface area contributed by atoms with Gasteiger partial charge in [0.1, 0.15) is 5.82 Å². The minimum Gasteiger partial charge on any atom is -0.316 e. The maximum atomic E-state index is 4.75. The zero-order valence-electron chi connectivity index (χ0n) is 9.65. The van der Waals surface area contributed by atoms with Gasteiger partial charge in [-0.2, -0.15) is 0 Å². The Morgan fingerprint density at radius 3 is 2.94 bits per heavy atom. The molecule has 1 N–H and O–H groups in total. The molecule has 2 heterocycles. The largest absolute Gasteiger partial charge is 0.316 e. The van der Waals surface area contributed by atoms with Crippen molar-refractivity contribution >= 4 is 0 Å². The molecular weight excluding hydrogens is 198 g/mol. The SMILES string of the molecule is c1cc(C2CC2)nc(C2CCCCNC2)n1. The van der Waals surface area contributed by atoms with Crippen LogP contribution in [0.1, 0.15) is 55.5 Å². The topological polar surface area (TPSA) is 37.8 Å². The van der Waals surface area contributed by atoms with E-state index < -0.39 is 0 Å². The molecule has 0 amide bonds. The first-order valence-corrected chi connectivity index (χ1v) is 6.47. The molecule has 1 aliphatic heterocycles. The van der Waals surface area contributed by atoms with Gasteiger partial charge in [0.25, 0.3) is 0 Å². The second-order valence-corrected chi connectivity index (χ2v) is 5.01. The molecule has 1 aromatic heterocycles. The van der Waals surface area contributed by atoms with E-state index in [1.807, 2.05) is 6.20 Å². The summed E-state index contributed by atoms with van der Waals surface area (Å²) in [5, 5.41) is 3.48. The van der Waals surface area contributed by atoms with Crippen molar-refractivity contribution in [3.05, 3.63) is 23.8 Å². The monoisotopic (exact) mass is 217 g/mol. The average molecular weight is 217 g/mol. The van der Waals surface area contributed by atoms with Gasteiger partial charge in [0.2, 0.25) is 0 Å². The van der Waals surface area contributed by atoms with Crippen molar-refractivity contribution in [2.45, 2.75) is 43.9 Å². The van der Waals surface area contributed by atoms with Gasteiger partial charge in [0.05, 0.1) is 0 Å². The Balaban J connectivity index is 1.78. The van der Waals surface area contributed by atoms with E-state index in [2.05, 4.69) is 16.4 Å². The van der Waals surface area contributed by atoms with Gasteiger partial charge in [0.15, 0.2) is 0 Å². The highest BCUT2D eigenvalue weighted by Crippen LogP contribution is 2.39. The van der Waals surface area contributed by atoms with Crippen LogP contribution in [0.2, 0.25) is 0 Å². The molecule has 2 fully saturated rings. The van der Waals surface area contributed by atoms with Crippen molar-refractivity contribution in [2.24, 2.45) is 0 Å². The number of hydrogen-bond acceptors (Lipinski definition) is 3. The van der Waals surface area contributed by atoms with Crippen LogP contribution in [0.4, 0.5) is 0 Å². The zero-order chi connectivity index (χ0) is 10.8. The molecule has 1 unspecified atom stereocenters. The first-order valence-electron chi connectivity index (χ1n) is 6.47. The van der Waals surface area contributed by atoms with Gasteiger partial charge in [-0.25, -0.2) is 9.97 Å². The second kappa shape index (κ2) is 4.50. The average Bonchev–Trinajstić information content (AvgIpc) is 3.17. The van der Waals surface area contributed by atoms with E-state index >= 15 is 0 Å². The van der Waals surface area contributed by atoms with E-state index in [0.29, 0.717) is 5.92 Å². The van der Waals surface area contributed by atoms with Crippen LogP contribution < -0.4 is 5.32 Å². The molecule has 1 saturated heterocycles. The Labute approximate surface area is 96.7 Å². The highest BCUT2D eigenvalue weighted by atomic mass is 14.9. The lowest BCUT2D eigenvalue weighted by Gasteiger charge is -2.13. The molecule has 3 heteroatoms. The smallest absolute Gasteiger partial charge is 0.132 e. The number of nitrogens with zero attached hydrogens (tertiary/aromatic N) is 2. The summed E-state index contributed by atoms with van der Waals surface area (Å²) in [7, 11) is 0. The third-order valence-corrected chi connectivity index (χ3v) is 3.60. The van der Waals surface area contributed by atoms with Crippen molar-refractivity contribution in [1.29, 1.82) is 0 Å². The second-order valence-electron chi connectivity index (χ2n) is 5.01. The first-order chi connectivity index (χ1) is 7.93. The van der Waals surface area contributed by atoms with Crippen molar-refractivity contribution in [3.63, 3.8) is 0 Å². The van der Waals surface area contributed by atoms with Crippen molar-refractivity contribution in [3.8, 4) is 0 Å². The van der Waals surface area contributed by atoms with E-state index in [9.17, 15) is 0 Å². The van der Waals surface area contributed by atoms with Crippen LogP contribution in [-0.4, -0.2) is 23.1 Å². The summed E-state index contributed by atoms with van der Waals surface area (Å²) in [4.78, 5) is 9.21. The number of hydrogen-bond donors (Lipinski definition) is 1. The molecule has 3 rings (SSSR count). The molecule has 0 aromatic carbocycles. The molecule has 1 aromatic rings. The summed E-state index contributed by atoms with van der Waals surface area (Å²) >= 11 is 0. The maximum Gasteiger partial charge on any atom is 0.132 e. The van der Waals surface area contributed by atoms with E-state index in [1.165, 1.54) is 37.8 Å².